The molecule has 1 aromatic heterocycles. The summed E-state index contributed by atoms with van der Waals surface area (Å²) in [6.45, 7) is 3.90. The lowest BCUT2D eigenvalue weighted by molar-refractivity contribution is -0.138. The van der Waals surface area contributed by atoms with Crippen molar-refractivity contribution < 1.29 is 9.53 Å². The highest BCUT2D eigenvalue weighted by molar-refractivity contribution is 7.12. The summed E-state index contributed by atoms with van der Waals surface area (Å²) < 4.78 is 4.77. The van der Waals surface area contributed by atoms with Gasteiger partial charge in [0.2, 0.25) is 0 Å². The Kier molecular flexibility index (Phi) is 4.57. The number of aryl methyl sites for hydroxylation is 1. The first-order chi connectivity index (χ1) is 7.67. The zero-order valence-electron chi connectivity index (χ0n) is 9.01. The maximum absolute atomic E-state index is 11.4. The number of carbonyl (C=O) groups is 1. The molecule has 0 bridgehead atoms. The number of rotatable bonds is 4. The van der Waals surface area contributed by atoms with Crippen LogP contribution in [-0.4, -0.2) is 12.6 Å². The Morgan fingerprint density at radius 2 is 2.44 bits per heavy atom. The summed E-state index contributed by atoms with van der Waals surface area (Å²) in [6.07, 6.45) is 1.52. The van der Waals surface area contributed by atoms with Gasteiger partial charge in [0.25, 0.3) is 0 Å². The zero-order valence-corrected chi connectivity index (χ0v) is 9.82. The van der Waals surface area contributed by atoms with Crippen molar-refractivity contribution in [1.29, 1.82) is 0 Å². The maximum Gasteiger partial charge on any atom is 0.340 e. The highest BCUT2D eigenvalue weighted by atomic mass is 32.1. The molecule has 0 amide bonds. The third-order valence-corrected chi connectivity index (χ3v) is 2.62. The smallest absolute Gasteiger partial charge is 0.340 e. The van der Waals surface area contributed by atoms with Gasteiger partial charge in [-0.3, -0.25) is 0 Å². The highest BCUT2D eigenvalue weighted by Crippen LogP contribution is 2.19. The van der Waals surface area contributed by atoms with Crippen LogP contribution in [0, 0.1) is 6.92 Å². The molecule has 0 aliphatic carbocycles. The van der Waals surface area contributed by atoms with Crippen LogP contribution < -0.4 is 0 Å². The molecule has 84 valence electrons. The van der Waals surface area contributed by atoms with Crippen LogP contribution in [-0.2, 0) is 9.53 Å². The number of ether oxygens (including phenoxy) is 1. The molecule has 1 rings (SSSR count). The maximum atomic E-state index is 11.4. The van der Waals surface area contributed by atoms with Gasteiger partial charge in [-0.25, -0.2) is 4.79 Å². The summed E-state index contributed by atoms with van der Waals surface area (Å²) in [4.78, 5) is 16.0. The Morgan fingerprint density at radius 3 is 2.94 bits per heavy atom. The standard InChI is InChI=1S/C10H11N3O2S/c1-3-15-10(14)9(12-13-11)6-8-5-4-7(2)16-8/h4-6H,3H2,1-2H3/b9-6+. The number of azide groups is 1. The third-order valence-electron chi connectivity index (χ3n) is 1.68. The molecule has 0 radical (unpaired) electrons. The molecule has 1 aromatic rings. The van der Waals surface area contributed by atoms with Gasteiger partial charge in [0.05, 0.1) is 6.61 Å². The van der Waals surface area contributed by atoms with Gasteiger partial charge in [0.15, 0.2) is 0 Å². The number of hydrogen-bond donors (Lipinski definition) is 0. The molecule has 0 fully saturated rings. The van der Waals surface area contributed by atoms with Crippen LogP contribution in [0.15, 0.2) is 22.9 Å². The first kappa shape index (κ1) is 12.3. The van der Waals surface area contributed by atoms with Crippen molar-refractivity contribution in [1.82, 2.24) is 0 Å². The van der Waals surface area contributed by atoms with E-state index in [9.17, 15) is 4.79 Å². The lowest BCUT2D eigenvalue weighted by Crippen LogP contribution is -2.05. The van der Waals surface area contributed by atoms with Crippen molar-refractivity contribution in [2.75, 3.05) is 6.61 Å². The minimum atomic E-state index is -0.605. The van der Waals surface area contributed by atoms with Crippen LogP contribution in [0.2, 0.25) is 0 Å². The van der Waals surface area contributed by atoms with Crippen LogP contribution >= 0.6 is 11.3 Å². The van der Waals surface area contributed by atoms with Crippen LogP contribution in [0.5, 0.6) is 0 Å². The monoisotopic (exact) mass is 237 g/mol. The predicted octanol–water partition coefficient (Wildman–Crippen LogP) is 3.27. The van der Waals surface area contributed by atoms with Crippen molar-refractivity contribution >= 4 is 23.4 Å². The van der Waals surface area contributed by atoms with E-state index < -0.39 is 5.97 Å². The van der Waals surface area contributed by atoms with Gasteiger partial charge in [-0.05, 0) is 37.6 Å². The second kappa shape index (κ2) is 5.95. The summed E-state index contributed by atoms with van der Waals surface area (Å²) in [5.74, 6) is -0.605. The molecule has 0 spiro atoms. The topological polar surface area (TPSA) is 75.1 Å². The molecule has 0 atom stereocenters. The second-order valence-corrected chi connectivity index (χ2v) is 4.21. The fourth-order valence-corrected chi connectivity index (χ4v) is 1.86. The number of esters is 1. The first-order valence-corrected chi connectivity index (χ1v) is 5.49. The van der Waals surface area contributed by atoms with E-state index in [-0.39, 0.29) is 12.3 Å². The minimum absolute atomic E-state index is 0.0220. The average Bonchev–Trinajstić information content (AvgIpc) is 2.64. The van der Waals surface area contributed by atoms with Crippen LogP contribution in [0.1, 0.15) is 16.7 Å². The molecule has 0 saturated carbocycles. The minimum Gasteiger partial charge on any atom is -0.462 e. The van der Waals surface area contributed by atoms with Crippen molar-refractivity contribution in [2.24, 2.45) is 5.11 Å². The van der Waals surface area contributed by atoms with Crippen LogP contribution in [0.4, 0.5) is 0 Å². The van der Waals surface area contributed by atoms with Gasteiger partial charge in [-0.2, -0.15) is 0 Å². The van der Waals surface area contributed by atoms with Gasteiger partial charge in [-0.1, -0.05) is 5.11 Å². The fraction of sp³-hybridized carbons (Fsp3) is 0.300. The van der Waals surface area contributed by atoms with Crippen molar-refractivity contribution in [3.05, 3.63) is 38.0 Å². The van der Waals surface area contributed by atoms with Crippen molar-refractivity contribution in [3.63, 3.8) is 0 Å². The van der Waals surface area contributed by atoms with E-state index in [2.05, 4.69) is 10.0 Å². The Balaban J connectivity index is 2.97. The zero-order chi connectivity index (χ0) is 12.0. The average molecular weight is 237 g/mol. The summed E-state index contributed by atoms with van der Waals surface area (Å²) in [7, 11) is 0. The molecule has 0 saturated heterocycles. The normalized spacial score (nSPS) is 10.8. The van der Waals surface area contributed by atoms with Gasteiger partial charge in [-0.15, -0.1) is 11.3 Å². The molecule has 0 aromatic carbocycles. The van der Waals surface area contributed by atoms with E-state index in [1.54, 1.807) is 6.92 Å². The molecule has 5 nitrogen and oxygen atoms in total. The summed E-state index contributed by atoms with van der Waals surface area (Å²) in [5.41, 5.74) is 8.33. The Morgan fingerprint density at radius 1 is 1.69 bits per heavy atom. The molecule has 0 N–H and O–H groups in total. The fourth-order valence-electron chi connectivity index (χ4n) is 1.05. The largest absolute Gasteiger partial charge is 0.462 e. The van der Waals surface area contributed by atoms with E-state index in [0.717, 1.165) is 9.75 Å². The number of nitrogens with zero attached hydrogens (tertiary/aromatic N) is 3. The van der Waals surface area contributed by atoms with Gasteiger partial charge in [0.1, 0.15) is 5.70 Å². The van der Waals surface area contributed by atoms with E-state index in [0.29, 0.717) is 0 Å². The Hall–Kier alpha value is -1.78. The van der Waals surface area contributed by atoms with Crippen molar-refractivity contribution in [3.8, 4) is 0 Å². The number of hydrogen-bond acceptors (Lipinski definition) is 4. The molecule has 0 aliphatic rings. The van der Waals surface area contributed by atoms with E-state index in [1.165, 1.54) is 17.4 Å². The number of thiophene rings is 1. The molecule has 1 heterocycles. The predicted molar refractivity (Wildman–Crippen MR) is 62.8 cm³/mol. The molecular weight excluding hydrogens is 226 g/mol. The summed E-state index contributed by atoms with van der Waals surface area (Å²) in [6, 6.07) is 3.78. The molecule has 16 heavy (non-hydrogen) atoms. The highest BCUT2D eigenvalue weighted by Gasteiger charge is 2.08. The van der Waals surface area contributed by atoms with E-state index >= 15 is 0 Å². The summed E-state index contributed by atoms with van der Waals surface area (Å²) in [5, 5.41) is 3.32. The molecular formula is C10H11N3O2S. The lowest BCUT2D eigenvalue weighted by atomic mass is 10.3. The number of carbonyl (C=O) groups excluding carboxylic acids is 1. The van der Waals surface area contributed by atoms with Crippen LogP contribution in [0.25, 0.3) is 16.5 Å². The molecule has 0 unspecified atom stereocenters. The quantitative estimate of drug-likeness (QED) is 0.265. The van der Waals surface area contributed by atoms with E-state index in [4.69, 9.17) is 10.3 Å². The van der Waals surface area contributed by atoms with Gasteiger partial charge in [0, 0.05) is 14.7 Å². The molecule has 6 heteroatoms. The lowest BCUT2D eigenvalue weighted by Gasteiger charge is -1.99. The second-order valence-electron chi connectivity index (χ2n) is 2.89. The summed E-state index contributed by atoms with van der Waals surface area (Å²) >= 11 is 1.51. The van der Waals surface area contributed by atoms with E-state index in [1.807, 2.05) is 19.1 Å². The van der Waals surface area contributed by atoms with Crippen LogP contribution in [0.3, 0.4) is 0 Å². The first-order valence-electron chi connectivity index (χ1n) is 4.67. The Bertz CT molecular complexity index is 458. The van der Waals surface area contributed by atoms with Gasteiger partial charge < -0.3 is 4.74 Å². The Labute approximate surface area is 97.0 Å². The van der Waals surface area contributed by atoms with Crippen molar-refractivity contribution in [2.45, 2.75) is 13.8 Å². The SMILES string of the molecule is CCOC(=O)/C(=C\c1ccc(C)s1)N=[N+]=[N-]. The van der Waals surface area contributed by atoms with Gasteiger partial charge >= 0.3 is 5.97 Å². The molecule has 0 aliphatic heterocycles. The third kappa shape index (κ3) is 3.42.